The maximum Gasteiger partial charge on any atom is 0.314 e. The molecule has 1 heterocycles. The average Bonchev–Trinajstić information content (AvgIpc) is 2.98. The Kier molecular flexibility index (Phi) is 8.18. The van der Waals surface area contributed by atoms with E-state index in [2.05, 4.69) is 10.6 Å². The highest BCUT2D eigenvalue weighted by Crippen LogP contribution is 2.22. The van der Waals surface area contributed by atoms with Crippen molar-refractivity contribution in [1.29, 1.82) is 0 Å². The highest BCUT2D eigenvalue weighted by Gasteiger charge is 2.08. The average molecular weight is 385 g/mol. The van der Waals surface area contributed by atoms with E-state index in [1.165, 1.54) is 17.0 Å². The number of aryl methyl sites for hydroxylation is 1. The SMILES string of the molecule is O=C(NCCCCc1ccc(Cl)s1)NCC(O)Cc1cccc(F)c1. The fraction of sp³-hybridized carbons (Fsp3) is 0.389. The van der Waals surface area contributed by atoms with Crippen molar-refractivity contribution in [3.8, 4) is 0 Å². The summed E-state index contributed by atoms with van der Waals surface area (Å²) in [6, 6.07) is 9.68. The van der Waals surface area contributed by atoms with Crippen LogP contribution in [0.25, 0.3) is 0 Å². The van der Waals surface area contributed by atoms with Crippen molar-refractivity contribution in [2.45, 2.75) is 31.8 Å². The number of urea groups is 1. The summed E-state index contributed by atoms with van der Waals surface area (Å²) in [5.74, 6) is -0.333. The van der Waals surface area contributed by atoms with Gasteiger partial charge in [-0.25, -0.2) is 9.18 Å². The number of hydrogen-bond acceptors (Lipinski definition) is 3. The molecule has 0 bridgehead atoms. The van der Waals surface area contributed by atoms with Gasteiger partial charge in [0, 0.05) is 24.4 Å². The molecule has 4 nitrogen and oxygen atoms in total. The summed E-state index contributed by atoms with van der Waals surface area (Å²) in [5.41, 5.74) is 0.698. The summed E-state index contributed by atoms with van der Waals surface area (Å²) in [7, 11) is 0. The minimum atomic E-state index is -0.754. The van der Waals surface area contributed by atoms with Crippen LogP contribution in [0.4, 0.5) is 9.18 Å². The summed E-state index contributed by atoms with van der Waals surface area (Å²) in [6.45, 7) is 0.695. The van der Waals surface area contributed by atoms with Crippen molar-refractivity contribution in [2.75, 3.05) is 13.1 Å². The molecule has 7 heteroatoms. The van der Waals surface area contributed by atoms with Gasteiger partial charge in [-0.2, -0.15) is 0 Å². The summed E-state index contributed by atoms with van der Waals surface area (Å²) in [6.07, 6.45) is 2.33. The van der Waals surface area contributed by atoms with Gasteiger partial charge in [-0.3, -0.25) is 0 Å². The molecule has 1 atom stereocenters. The van der Waals surface area contributed by atoms with Gasteiger partial charge < -0.3 is 15.7 Å². The first-order valence-corrected chi connectivity index (χ1v) is 9.41. The van der Waals surface area contributed by atoms with E-state index in [0.717, 1.165) is 23.6 Å². The number of halogens is 2. The van der Waals surface area contributed by atoms with Crippen LogP contribution in [0.1, 0.15) is 23.3 Å². The Balaban J connectivity index is 1.54. The van der Waals surface area contributed by atoms with Crippen LogP contribution in [0.2, 0.25) is 4.34 Å². The zero-order chi connectivity index (χ0) is 18.1. The quantitative estimate of drug-likeness (QED) is 0.576. The number of carbonyl (C=O) groups is 1. The van der Waals surface area contributed by atoms with Gasteiger partial charge in [0.05, 0.1) is 10.4 Å². The molecule has 1 aromatic carbocycles. The van der Waals surface area contributed by atoms with E-state index in [0.29, 0.717) is 18.5 Å². The monoisotopic (exact) mass is 384 g/mol. The Hall–Kier alpha value is -1.63. The van der Waals surface area contributed by atoms with Crippen molar-refractivity contribution in [3.05, 3.63) is 57.0 Å². The molecule has 0 aliphatic carbocycles. The van der Waals surface area contributed by atoms with Gasteiger partial charge in [-0.15, -0.1) is 11.3 Å². The van der Waals surface area contributed by atoms with Crippen LogP contribution >= 0.6 is 22.9 Å². The van der Waals surface area contributed by atoms with E-state index in [4.69, 9.17) is 11.6 Å². The van der Waals surface area contributed by atoms with Crippen molar-refractivity contribution in [3.63, 3.8) is 0 Å². The second-order valence-electron chi connectivity index (χ2n) is 5.79. The molecule has 0 spiro atoms. The van der Waals surface area contributed by atoms with E-state index in [1.807, 2.05) is 12.1 Å². The number of thiophene rings is 1. The molecular weight excluding hydrogens is 363 g/mol. The smallest absolute Gasteiger partial charge is 0.314 e. The highest BCUT2D eigenvalue weighted by atomic mass is 35.5. The number of amides is 2. The van der Waals surface area contributed by atoms with Crippen LogP contribution in [0, 0.1) is 5.82 Å². The Morgan fingerprint density at radius 3 is 2.80 bits per heavy atom. The van der Waals surface area contributed by atoms with Gasteiger partial charge in [0.15, 0.2) is 0 Å². The third-order valence-corrected chi connectivity index (χ3v) is 4.91. The molecule has 0 radical (unpaired) electrons. The molecule has 3 N–H and O–H groups in total. The number of nitrogens with one attached hydrogen (secondary N) is 2. The lowest BCUT2D eigenvalue weighted by Gasteiger charge is -2.13. The number of aliphatic hydroxyl groups is 1. The lowest BCUT2D eigenvalue weighted by atomic mass is 10.1. The van der Waals surface area contributed by atoms with Crippen LogP contribution in [-0.2, 0) is 12.8 Å². The number of carbonyl (C=O) groups excluding carboxylic acids is 1. The predicted octanol–water partition coefficient (Wildman–Crippen LogP) is 3.77. The lowest BCUT2D eigenvalue weighted by Crippen LogP contribution is -2.40. The maximum atomic E-state index is 13.1. The molecule has 2 rings (SSSR count). The lowest BCUT2D eigenvalue weighted by molar-refractivity contribution is 0.170. The van der Waals surface area contributed by atoms with Gasteiger partial charge in [0.1, 0.15) is 5.82 Å². The van der Waals surface area contributed by atoms with E-state index in [1.54, 1.807) is 23.5 Å². The molecule has 0 aliphatic heterocycles. The number of unbranched alkanes of at least 4 members (excludes halogenated alkanes) is 1. The molecule has 25 heavy (non-hydrogen) atoms. The van der Waals surface area contributed by atoms with Gasteiger partial charge in [0.25, 0.3) is 0 Å². The van der Waals surface area contributed by atoms with Crippen LogP contribution < -0.4 is 10.6 Å². The van der Waals surface area contributed by atoms with E-state index < -0.39 is 6.10 Å². The summed E-state index contributed by atoms with van der Waals surface area (Å²) in [5, 5.41) is 15.3. The molecule has 0 saturated heterocycles. The summed E-state index contributed by atoms with van der Waals surface area (Å²) < 4.78 is 13.9. The third kappa shape index (κ3) is 7.86. The van der Waals surface area contributed by atoms with Crippen LogP contribution in [0.15, 0.2) is 36.4 Å². The summed E-state index contributed by atoms with van der Waals surface area (Å²) >= 11 is 7.45. The fourth-order valence-corrected chi connectivity index (χ4v) is 3.52. The van der Waals surface area contributed by atoms with Gasteiger partial charge >= 0.3 is 6.03 Å². The molecule has 1 aromatic heterocycles. The molecule has 1 unspecified atom stereocenters. The Labute approximate surface area is 156 Å². The van der Waals surface area contributed by atoms with Crippen LogP contribution in [0.3, 0.4) is 0 Å². The van der Waals surface area contributed by atoms with Crippen molar-refractivity contribution in [2.24, 2.45) is 0 Å². The molecule has 2 aromatic rings. The first kappa shape index (κ1) is 19.7. The molecule has 2 amide bonds. The van der Waals surface area contributed by atoms with Crippen molar-refractivity contribution >= 4 is 29.0 Å². The normalized spacial score (nSPS) is 12.0. The second kappa shape index (κ2) is 10.4. The minimum absolute atomic E-state index is 0.121. The zero-order valence-corrected chi connectivity index (χ0v) is 15.4. The summed E-state index contributed by atoms with van der Waals surface area (Å²) in [4.78, 5) is 12.9. The molecule has 0 fully saturated rings. The first-order chi connectivity index (χ1) is 12.0. The highest BCUT2D eigenvalue weighted by molar-refractivity contribution is 7.16. The topological polar surface area (TPSA) is 61.4 Å². The van der Waals surface area contributed by atoms with Crippen molar-refractivity contribution in [1.82, 2.24) is 10.6 Å². The Morgan fingerprint density at radius 2 is 2.08 bits per heavy atom. The van der Waals surface area contributed by atoms with Crippen LogP contribution in [0.5, 0.6) is 0 Å². The van der Waals surface area contributed by atoms with Crippen LogP contribution in [-0.4, -0.2) is 30.3 Å². The Bertz CT molecular complexity index is 681. The molecular formula is C18H22ClFN2O2S. The van der Waals surface area contributed by atoms with Gasteiger partial charge in [-0.05, 0) is 49.1 Å². The minimum Gasteiger partial charge on any atom is -0.391 e. The van der Waals surface area contributed by atoms with Gasteiger partial charge in [-0.1, -0.05) is 23.7 Å². The standard InChI is InChI=1S/C18H22ClFN2O2S/c19-17-8-7-16(25-17)6-1-2-9-21-18(24)22-12-15(23)11-13-4-3-5-14(20)10-13/h3-5,7-8,10,15,23H,1-2,6,9,11-12H2,(H2,21,22,24). The molecule has 0 aliphatic rings. The van der Waals surface area contributed by atoms with E-state index >= 15 is 0 Å². The first-order valence-electron chi connectivity index (χ1n) is 8.21. The van der Waals surface area contributed by atoms with E-state index in [-0.39, 0.29) is 18.4 Å². The zero-order valence-electron chi connectivity index (χ0n) is 13.8. The third-order valence-electron chi connectivity index (χ3n) is 3.62. The number of hydrogen-bond donors (Lipinski definition) is 3. The second-order valence-corrected chi connectivity index (χ2v) is 7.59. The van der Waals surface area contributed by atoms with Gasteiger partial charge in [0.2, 0.25) is 0 Å². The number of rotatable bonds is 9. The van der Waals surface area contributed by atoms with E-state index in [9.17, 15) is 14.3 Å². The Morgan fingerprint density at radius 1 is 1.24 bits per heavy atom. The molecule has 0 saturated carbocycles. The predicted molar refractivity (Wildman–Crippen MR) is 99.8 cm³/mol. The number of benzene rings is 1. The molecule has 136 valence electrons. The largest absolute Gasteiger partial charge is 0.391 e. The number of aliphatic hydroxyl groups excluding tert-OH is 1. The van der Waals surface area contributed by atoms with Crippen molar-refractivity contribution < 1.29 is 14.3 Å². The fourth-order valence-electron chi connectivity index (χ4n) is 2.39. The maximum absolute atomic E-state index is 13.1.